The highest BCUT2D eigenvalue weighted by Gasteiger charge is 2.32. The zero-order chi connectivity index (χ0) is 29.6. The molecule has 0 aromatic rings. The summed E-state index contributed by atoms with van der Waals surface area (Å²) in [6, 6.07) is -0.757. The molecule has 1 aliphatic rings. The second-order valence-electron chi connectivity index (χ2n) is 11.1. The van der Waals surface area contributed by atoms with Crippen LogP contribution in [0.4, 0.5) is 0 Å². The van der Waals surface area contributed by atoms with Gasteiger partial charge < -0.3 is 25.2 Å². The number of methoxy groups -OCH3 is 1. The minimum atomic E-state index is -0.757. The predicted molar refractivity (Wildman–Crippen MR) is 154 cm³/mol. The predicted octanol–water partition coefficient (Wildman–Crippen LogP) is 4.80. The molecule has 0 aromatic heterocycles. The van der Waals surface area contributed by atoms with Crippen molar-refractivity contribution >= 4 is 17.8 Å². The highest BCUT2D eigenvalue weighted by Crippen LogP contribution is 2.23. The summed E-state index contributed by atoms with van der Waals surface area (Å²) in [5.74, 6) is -0.945. The highest BCUT2D eigenvalue weighted by molar-refractivity contribution is 5.93. The minimum Gasteiger partial charge on any atom is -0.490 e. The van der Waals surface area contributed by atoms with Crippen molar-refractivity contribution in [3.8, 4) is 0 Å². The van der Waals surface area contributed by atoms with E-state index in [2.05, 4.69) is 10.6 Å². The van der Waals surface area contributed by atoms with Gasteiger partial charge in [-0.25, -0.2) is 4.79 Å². The number of esters is 1. The Morgan fingerprint density at radius 1 is 1.18 bits per heavy atom. The molecule has 0 aromatic carbocycles. The van der Waals surface area contributed by atoms with Gasteiger partial charge in [0, 0.05) is 18.4 Å². The molecule has 0 fully saturated rings. The van der Waals surface area contributed by atoms with E-state index < -0.39 is 23.5 Å². The second kappa shape index (κ2) is 16.5. The lowest BCUT2D eigenvalue weighted by Crippen LogP contribution is -2.52. The lowest BCUT2D eigenvalue weighted by molar-refractivity contribution is -0.151. The van der Waals surface area contributed by atoms with E-state index in [1.807, 2.05) is 66.7 Å². The van der Waals surface area contributed by atoms with Crippen molar-refractivity contribution in [2.75, 3.05) is 7.11 Å². The van der Waals surface area contributed by atoms with Crippen molar-refractivity contribution in [1.82, 2.24) is 10.6 Å². The summed E-state index contributed by atoms with van der Waals surface area (Å²) in [4.78, 5) is 37.1. The fraction of sp³-hybridized carbons (Fsp3) is 0.516. The molecule has 8 nitrogen and oxygen atoms in total. The largest absolute Gasteiger partial charge is 0.490 e. The fourth-order valence-electron chi connectivity index (χ4n) is 3.75. The van der Waals surface area contributed by atoms with Crippen molar-refractivity contribution in [2.24, 2.45) is 11.3 Å². The maximum atomic E-state index is 12.8. The first-order valence-electron chi connectivity index (χ1n) is 13.3. The smallest absolute Gasteiger partial charge is 0.373 e. The van der Waals surface area contributed by atoms with Crippen molar-refractivity contribution in [2.45, 2.75) is 86.0 Å². The Labute approximate surface area is 233 Å². The highest BCUT2D eigenvalue weighted by atomic mass is 16.6. The summed E-state index contributed by atoms with van der Waals surface area (Å²) >= 11 is 0. The van der Waals surface area contributed by atoms with Crippen molar-refractivity contribution < 1.29 is 29.0 Å². The van der Waals surface area contributed by atoms with Crippen LogP contribution in [0.3, 0.4) is 0 Å². The lowest BCUT2D eigenvalue weighted by atomic mass is 9.86. The molecule has 0 saturated carbocycles. The van der Waals surface area contributed by atoms with Gasteiger partial charge in [-0.05, 0) is 51.3 Å². The van der Waals surface area contributed by atoms with Crippen LogP contribution in [-0.4, -0.2) is 48.2 Å². The van der Waals surface area contributed by atoms with Crippen LogP contribution in [0.15, 0.2) is 71.7 Å². The second-order valence-corrected chi connectivity index (χ2v) is 11.1. The average Bonchev–Trinajstić information content (AvgIpc) is 2.85. The molecule has 1 rings (SSSR count). The van der Waals surface area contributed by atoms with Gasteiger partial charge in [-0.1, -0.05) is 75.3 Å². The van der Waals surface area contributed by atoms with E-state index in [-0.39, 0.29) is 29.6 Å². The van der Waals surface area contributed by atoms with E-state index in [0.717, 1.165) is 11.1 Å². The Bertz CT molecular complexity index is 1020. The number of aliphatic hydroxyl groups is 1. The van der Waals surface area contributed by atoms with Crippen LogP contribution in [0.5, 0.6) is 0 Å². The third kappa shape index (κ3) is 13.3. The minimum absolute atomic E-state index is 0.00118. The molecule has 8 heteroatoms. The SMILES string of the molecule is COC1=CC[C@@H]([C@@H](C)/C=C(C)/C=C\C=C\C(=O)N[C@H](C(=O)N/C=C\C[C@@H](O)CC=C(C)C)C(C)(C)C)OC1=O. The number of hydrogen-bond acceptors (Lipinski definition) is 6. The topological polar surface area (TPSA) is 114 Å². The van der Waals surface area contributed by atoms with Crippen LogP contribution in [0, 0.1) is 11.3 Å². The normalized spacial score (nSPS) is 18.9. The first-order valence-corrected chi connectivity index (χ1v) is 13.3. The van der Waals surface area contributed by atoms with Crippen LogP contribution in [0.25, 0.3) is 0 Å². The van der Waals surface area contributed by atoms with Crippen molar-refractivity contribution in [3.05, 3.63) is 71.7 Å². The molecule has 1 aliphatic heterocycles. The Hall–Kier alpha value is -3.39. The molecular formula is C31H46N2O6. The summed E-state index contributed by atoms with van der Waals surface area (Å²) in [7, 11) is 1.44. The number of amides is 2. The molecule has 0 saturated heterocycles. The van der Waals surface area contributed by atoms with Gasteiger partial charge >= 0.3 is 5.97 Å². The van der Waals surface area contributed by atoms with Crippen LogP contribution in [0.1, 0.15) is 67.7 Å². The number of hydrogen-bond donors (Lipinski definition) is 3. The molecule has 0 bridgehead atoms. The zero-order valence-electron chi connectivity index (χ0n) is 24.6. The Morgan fingerprint density at radius 3 is 2.44 bits per heavy atom. The molecule has 0 aliphatic carbocycles. The quantitative estimate of drug-likeness (QED) is 0.133. The van der Waals surface area contributed by atoms with Crippen molar-refractivity contribution in [1.29, 1.82) is 0 Å². The molecule has 0 unspecified atom stereocenters. The van der Waals surface area contributed by atoms with Gasteiger partial charge in [0.15, 0.2) is 5.76 Å². The number of nitrogens with one attached hydrogen (secondary N) is 2. The van der Waals surface area contributed by atoms with Gasteiger partial charge in [-0.3, -0.25) is 9.59 Å². The molecule has 1 heterocycles. The molecule has 216 valence electrons. The molecule has 39 heavy (non-hydrogen) atoms. The molecular weight excluding hydrogens is 496 g/mol. The average molecular weight is 543 g/mol. The molecule has 2 amide bonds. The maximum Gasteiger partial charge on any atom is 0.373 e. The Kier molecular flexibility index (Phi) is 14.3. The van der Waals surface area contributed by atoms with Crippen LogP contribution >= 0.6 is 0 Å². The fourth-order valence-corrected chi connectivity index (χ4v) is 3.75. The molecule has 0 spiro atoms. The third-order valence-corrected chi connectivity index (χ3v) is 6.01. The Morgan fingerprint density at radius 2 is 1.85 bits per heavy atom. The van der Waals surface area contributed by atoms with E-state index in [1.165, 1.54) is 19.4 Å². The number of rotatable bonds is 13. The van der Waals surface area contributed by atoms with Crippen LogP contribution in [-0.2, 0) is 23.9 Å². The summed E-state index contributed by atoms with van der Waals surface area (Å²) < 4.78 is 10.4. The van der Waals surface area contributed by atoms with Gasteiger partial charge in [0.1, 0.15) is 12.1 Å². The molecule has 3 N–H and O–H groups in total. The first-order chi connectivity index (χ1) is 18.2. The molecule has 0 radical (unpaired) electrons. The van der Waals surface area contributed by atoms with Crippen LogP contribution < -0.4 is 10.6 Å². The summed E-state index contributed by atoms with van der Waals surface area (Å²) in [5.41, 5.74) is 1.58. The van der Waals surface area contributed by atoms with Gasteiger partial charge in [-0.2, -0.15) is 0 Å². The van der Waals surface area contributed by atoms with Gasteiger partial charge in [0.25, 0.3) is 0 Å². The van der Waals surface area contributed by atoms with Crippen LogP contribution in [0.2, 0.25) is 0 Å². The zero-order valence-corrected chi connectivity index (χ0v) is 24.6. The number of carbonyl (C=O) groups is 3. The monoisotopic (exact) mass is 542 g/mol. The number of ether oxygens (including phenoxy) is 2. The number of aliphatic hydroxyl groups excluding tert-OH is 1. The van der Waals surface area contributed by atoms with E-state index in [9.17, 15) is 19.5 Å². The maximum absolute atomic E-state index is 12.8. The summed E-state index contributed by atoms with van der Waals surface area (Å²) in [5, 5.41) is 15.5. The molecule has 4 atom stereocenters. The van der Waals surface area contributed by atoms with E-state index in [4.69, 9.17) is 9.47 Å². The van der Waals surface area contributed by atoms with Gasteiger partial charge in [0.05, 0.1) is 13.2 Å². The number of carbonyl (C=O) groups excluding carboxylic acids is 3. The van der Waals surface area contributed by atoms with Gasteiger partial charge in [0.2, 0.25) is 11.8 Å². The third-order valence-electron chi connectivity index (χ3n) is 6.01. The van der Waals surface area contributed by atoms with Crippen molar-refractivity contribution in [3.63, 3.8) is 0 Å². The number of cyclic esters (lactones) is 1. The summed E-state index contributed by atoms with van der Waals surface area (Å²) in [6.45, 7) is 13.5. The number of allylic oxidation sites excluding steroid dienone is 5. The van der Waals surface area contributed by atoms with E-state index in [0.29, 0.717) is 19.3 Å². The van der Waals surface area contributed by atoms with E-state index in [1.54, 1.807) is 24.3 Å². The van der Waals surface area contributed by atoms with Gasteiger partial charge in [-0.15, -0.1) is 0 Å². The van der Waals surface area contributed by atoms with E-state index >= 15 is 0 Å². The summed E-state index contributed by atoms with van der Waals surface area (Å²) in [6.07, 6.45) is 16.3. The Balaban J connectivity index is 2.64. The lowest BCUT2D eigenvalue weighted by Gasteiger charge is -2.29. The first kappa shape index (κ1) is 33.6. The standard InChI is InChI=1S/C31H46N2O6/c1-21(2)15-16-24(34)13-11-19-32-29(36)28(31(5,6)7)33-27(35)14-10-9-12-22(3)20-23(4)25-17-18-26(38-8)30(37)39-25/h9-12,14-15,18-20,23-25,28,34H,13,16-17H2,1-8H3,(H,32,36)(H,33,35)/b12-9-,14-10+,19-11-,22-20+/t23-,24+,25-,28+/m0/s1.